The van der Waals surface area contributed by atoms with Crippen LogP contribution < -0.4 is 16.0 Å². The molecule has 2 fully saturated rings. The van der Waals surface area contributed by atoms with E-state index in [1.165, 1.54) is 0 Å². The molecular weight excluding hydrogens is 178 g/mol. The predicted octanol–water partition coefficient (Wildman–Crippen LogP) is 0.588. The van der Waals surface area contributed by atoms with E-state index in [4.69, 9.17) is 0 Å². The van der Waals surface area contributed by atoms with E-state index >= 15 is 0 Å². The molecule has 0 aromatic rings. The summed E-state index contributed by atoms with van der Waals surface area (Å²) in [5, 5.41) is 9.34. The zero-order chi connectivity index (χ0) is 9.97. The second-order valence-electron chi connectivity index (χ2n) is 4.38. The van der Waals surface area contributed by atoms with Crippen LogP contribution in [-0.4, -0.2) is 30.7 Å². The summed E-state index contributed by atoms with van der Waals surface area (Å²) in [6.45, 7) is 3.20. The van der Waals surface area contributed by atoms with E-state index in [1.54, 1.807) is 0 Å². The number of hydrogen-bond donors (Lipinski definition) is 3. The first kappa shape index (κ1) is 9.77. The van der Waals surface area contributed by atoms with Gasteiger partial charge < -0.3 is 16.0 Å². The average Bonchev–Trinajstić information content (AvgIpc) is 2.93. The second-order valence-corrected chi connectivity index (χ2v) is 4.38. The Morgan fingerprint density at radius 3 is 2.71 bits per heavy atom. The van der Waals surface area contributed by atoms with Gasteiger partial charge in [0.2, 0.25) is 0 Å². The Morgan fingerprint density at radius 1 is 1.29 bits per heavy atom. The van der Waals surface area contributed by atoms with Crippen LogP contribution in [0.25, 0.3) is 0 Å². The van der Waals surface area contributed by atoms with Crippen LogP contribution >= 0.6 is 0 Å². The van der Waals surface area contributed by atoms with Crippen molar-refractivity contribution in [1.29, 1.82) is 0 Å². The maximum absolute atomic E-state index is 11.5. The number of carbonyl (C=O) groups is 1. The van der Waals surface area contributed by atoms with Gasteiger partial charge in [-0.3, -0.25) is 0 Å². The van der Waals surface area contributed by atoms with Gasteiger partial charge in [0, 0.05) is 18.1 Å². The van der Waals surface area contributed by atoms with E-state index < -0.39 is 0 Å². The standard InChI is InChI=1S/C10H19N3O/c1-7-9(3-2-6-11-7)13-10(14)12-8-4-5-8/h7-9,11H,2-6H2,1H3,(H2,12,13,14). The van der Waals surface area contributed by atoms with Crippen molar-refractivity contribution in [2.45, 2.75) is 50.7 Å². The minimum atomic E-state index is 0.00745. The van der Waals surface area contributed by atoms with Crippen molar-refractivity contribution in [3.8, 4) is 0 Å². The number of hydrogen-bond acceptors (Lipinski definition) is 2. The molecule has 0 radical (unpaired) electrons. The molecule has 1 saturated carbocycles. The lowest BCUT2D eigenvalue weighted by Gasteiger charge is -2.30. The predicted molar refractivity (Wildman–Crippen MR) is 55.2 cm³/mol. The molecule has 0 aromatic heterocycles. The molecule has 2 rings (SSSR count). The highest BCUT2D eigenvalue weighted by atomic mass is 16.2. The number of urea groups is 1. The molecule has 0 aromatic carbocycles. The lowest BCUT2D eigenvalue weighted by Crippen LogP contribution is -2.54. The Bertz CT molecular complexity index is 215. The van der Waals surface area contributed by atoms with Crippen molar-refractivity contribution in [1.82, 2.24) is 16.0 Å². The van der Waals surface area contributed by atoms with E-state index in [0.717, 1.165) is 32.2 Å². The normalized spacial score (nSPS) is 32.4. The molecular formula is C10H19N3O. The third kappa shape index (κ3) is 2.61. The van der Waals surface area contributed by atoms with E-state index in [2.05, 4.69) is 22.9 Å². The Labute approximate surface area is 84.8 Å². The van der Waals surface area contributed by atoms with E-state index in [9.17, 15) is 4.79 Å². The quantitative estimate of drug-likeness (QED) is 0.607. The summed E-state index contributed by atoms with van der Waals surface area (Å²) >= 11 is 0. The number of amides is 2. The van der Waals surface area contributed by atoms with Crippen molar-refractivity contribution < 1.29 is 4.79 Å². The summed E-state index contributed by atoms with van der Waals surface area (Å²) in [7, 11) is 0. The molecule has 1 saturated heterocycles. The molecule has 2 aliphatic rings. The lowest BCUT2D eigenvalue weighted by molar-refractivity contribution is 0.227. The molecule has 4 nitrogen and oxygen atoms in total. The van der Waals surface area contributed by atoms with Crippen LogP contribution in [0, 0.1) is 0 Å². The van der Waals surface area contributed by atoms with Gasteiger partial charge in [0.05, 0.1) is 0 Å². The number of rotatable bonds is 2. The average molecular weight is 197 g/mol. The fraction of sp³-hybridized carbons (Fsp3) is 0.900. The molecule has 80 valence electrons. The van der Waals surface area contributed by atoms with Gasteiger partial charge in [-0.25, -0.2) is 4.79 Å². The van der Waals surface area contributed by atoms with Gasteiger partial charge in [-0.15, -0.1) is 0 Å². The number of carbonyl (C=O) groups excluding carboxylic acids is 1. The van der Waals surface area contributed by atoms with Crippen molar-refractivity contribution in [2.75, 3.05) is 6.54 Å². The SMILES string of the molecule is CC1NCCCC1NC(=O)NC1CC1. The topological polar surface area (TPSA) is 53.2 Å². The van der Waals surface area contributed by atoms with Crippen LogP contribution in [0.5, 0.6) is 0 Å². The first-order chi connectivity index (χ1) is 6.75. The van der Waals surface area contributed by atoms with Gasteiger partial charge in [-0.1, -0.05) is 0 Å². The Morgan fingerprint density at radius 2 is 2.07 bits per heavy atom. The maximum Gasteiger partial charge on any atom is 0.315 e. The van der Waals surface area contributed by atoms with Crippen LogP contribution in [0.15, 0.2) is 0 Å². The van der Waals surface area contributed by atoms with Gasteiger partial charge in [0.1, 0.15) is 0 Å². The third-order valence-electron chi connectivity index (χ3n) is 2.99. The van der Waals surface area contributed by atoms with Crippen LogP contribution in [0.1, 0.15) is 32.6 Å². The van der Waals surface area contributed by atoms with Gasteiger partial charge in [0.25, 0.3) is 0 Å². The fourth-order valence-electron chi connectivity index (χ4n) is 1.86. The third-order valence-corrected chi connectivity index (χ3v) is 2.99. The summed E-state index contributed by atoms with van der Waals surface area (Å²) in [6, 6.07) is 1.14. The Kier molecular flexibility index (Phi) is 2.91. The molecule has 3 N–H and O–H groups in total. The first-order valence-electron chi connectivity index (χ1n) is 5.56. The molecule has 2 atom stereocenters. The van der Waals surface area contributed by atoms with Crippen LogP contribution in [0.3, 0.4) is 0 Å². The summed E-state index contributed by atoms with van der Waals surface area (Å²) in [5.74, 6) is 0. The van der Waals surface area contributed by atoms with Gasteiger partial charge in [-0.05, 0) is 39.2 Å². The summed E-state index contributed by atoms with van der Waals surface area (Å²) in [4.78, 5) is 11.5. The zero-order valence-corrected chi connectivity index (χ0v) is 8.68. The summed E-state index contributed by atoms with van der Waals surface area (Å²) in [5.41, 5.74) is 0. The van der Waals surface area contributed by atoms with E-state index in [0.29, 0.717) is 18.1 Å². The fourth-order valence-corrected chi connectivity index (χ4v) is 1.86. The molecule has 1 heterocycles. The second kappa shape index (κ2) is 4.17. The Balaban J connectivity index is 1.73. The maximum atomic E-state index is 11.5. The summed E-state index contributed by atoms with van der Waals surface area (Å²) in [6.07, 6.45) is 4.53. The van der Waals surface area contributed by atoms with Gasteiger partial charge in [0.15, 0.2) is 0 Å². The molecule has 1 aliphatic heterocycles. The smallest absolute Gasteiger partial charge is 0.315 e. The molecule has 4 heteroatoms. The van der Waals surface area contributed by atoms with Crippen molar-refractivity contribution in [3.63, 3.8) is 0 Å². The van der Waals surface area contributed by atoms with Crippen LogP contribution in [0.4, 0.5) is 4.79 Å². The van der Waals surface area contributed by atoms with E-state index in [1.807, 2.05) is 0 Å². The molecule has 0 bridgehead atoms. The van der Waals surface area contributed by atoms with Crippen molar-refractivity contribution in [3.05, 3.63) is 0 Å². The Hall–Kier alpha value is -0.770. The van der Waals surface area contributed by atoms with E-state index in [-0.39, 0.29) is 6.03 Å². The number of nitrogens with one attached hydrogen (secondary N) is 3. The first-order valence-corrected chi connectivity index (χ1v) is 5.56. The lowest BCUT2D eigenvalue weighted by atomic mass is 10.0. The molecule has 14 heavy (non-hydrogen) atoms. The van der Waals surface area contributed by atoms with Crippen LogP contribution in [0.2, 0.25) is 0 Å². The molecule has 2 amide bonds. The highest BCUT2D eigenvalue weighted by molar-refractivity contribution is 5.75. The molecule has 2 unspecified atom stereocenters. The minimum absolute atomic E-state index is 0.00745. The number of piperidine rings is 1. The minimum Gasteiger partial charge on any atom is -0.335 e. The molecule has 1 aliphatic carbocycles. The van der Waals surface area contributed by atoms with Gasteiger partial charge >= 0.3 is 6.03 Å². The van der Waals surface area contributed by atoms with Gasteiger partial charge in [-0.2, -0.15) is 0 Å². The summed E-state index contributed by atoms with van der Waals surface area (Å²) < 4.78 is 0. The largest absolute Gasteiger partial charge is 0.335 e. The van der Waals surface area contributed by atoms with Crippen molar-refractivity contribution in [2.24, 2.45) is 0 Å². The monoisotopic (exact) mass is 197 g/mol. The van der Waals surface area contributed by atoms with Crippen LogP contribution in [-0.2, 0) is 0 Å². The van der Waals surface area contributed by atoms with Crippen molar-refractivity contribution >= 4 is 6.03 Å². The highest BCUT2D eigenvalue weighted by Crippen LogP contribution is 2.18. The highest BCUT2D eigenvalue weighted by Gasteiger charge is 2.26. The molecule has 0 spiro atoms. The zero-order valence-electron chi connectivity index (χ0n) is 8.68.